The molecule has 1 saturated heterocycles. The van der Waals surface area contributed by atoms with Gasteiger partial charge in [-0.15, -0.1) is 0 Å². The highest BCUT2D eigenvalue weighted by molar-refractivity contribution is 7.52. The molecule has 39 heavy (non-hydrogen) atoms. The molecular formula is C25H37N4O9P. The Labute approximate surface area is 226 Å². The van der Waals surface area contributed by atoms with Gasteiger partial charge in [-0.1, -0.05) is 44.9 Å². The summed E-state index contributed by atoms with van der Waals surface area (Å²) in [5, 5.41) is 13.5. The Hall–Kier alpha value is -2.80. The Balaban J connectivity index is 1.76. The molecule has 0 aliphatic carbocycles. The van der Waals surface area contributed by atoms with Crippen LogP contribution in [0.4, 0.5) is 0 Å². The molecule has 3 rings (SSSR count). The predicted octanol–water partition coefficient (Wildman–Crippen LogP) is 1.67. The van der Waals surface area contributed by atoms with Crippen LogP contribution in [0.2, 0.25) is 0 Å². The highest BCUT2D eigenvalue weighted by atomic mass is 31.2. The number of carbonyl (C=O) groups excluding carboxylic acids is 1. The van der Waals surface area contributed by atoms with Gasteiger partial charge in [0.05, 0.1) is 18.8 Å². The van der Waals surface area contributed by atoms with Crippen LogP contribution >= 0.6 is 7.75 Å². The molecule has 1 aliphatic heterocycles. The van der Waals surface area contributed by atoms with E-state index in [2.05, 4.69) is 10.1 Å². The zero-order valence-electron chi connectivity index (χ0n) is 22.4. The van der Waals surface area contributed by atoms with Gasteiger partial charge in [-0.25, -0.2) is 9.36 Å². The van der Waals surface area contributed by atoms with Crippen LogP contribution in [0.15, 0.2) is 52.2 Å². The fourth-order valence-corrected chi connectivity index (χ4v) is 5.56. The summed E-state index contributed by atoms with van der Waals surface area (Å²) < 4.78 is 37.3. The summed E-state index contributed by atoms with van der Waals surface area (Å²) in [7, 11) is -4.24. The Morgan fingerprint density at radius 2 is 1.92 bits per heavy atom. The van der Waals surface area contributed by atoms with Gasteiger partial charge in [-0.2, -0.15) is 5.09 Å². The van der Waals surface area contributed by atoms with Crippen molar-refractivity contribution in [2.24, 2.45) is 11.7 Å². The van der Waals surface area contributed by atoms with E-state index in [4.69, 9.17) is 24.3 Å². The van der Waals surface area contributed by atoms with Crippen molar-refractivity contribution in [2.75, 3.05) is 13.2 Å². The minimum atomic E-state index is -4.24. The largest absolute Gasteiger partial charge is 0.464 e. The van der Waals surface area contributed by atoms with E-state index < -0.39 is 61.6 Å². The van der Waals surface area contributed by atoms with Gasteiger partial charge in [0.25, 0.3) is 5.56 Å². The SMILES string of the molecule is CCC(CC)COC(=O)C(C)NP(=O)(OC[C@H]1O[C@@H](n2ccc(=O)[nH]c2=O)[C@](C)(N)[C@@H]1O)Oc1ccccc1. The maximum absolute atomic E-state index is 13.8. The van der Waals surface area contributed by atoms with Crippen molar-refractivity contribution in [1.29, 1.82) is 0 Å². The quantitative estimate of drug-likeness (QED) is 0.204. The van der Waals surface area contributed by atoms with E-state index in [1.165, 1.54) is 20.0 Å². The molecule has 0 saturated carbocycles. The topological polar surface area (TPSA) is 184 Å². The normalized spacial score (nSPS) is 25.3. The lowest BCUT2D eigenvalue weighted by atomic mass is 9.93. The van der Waals surface area contributed by atoms with Crippen molar-refractivity contribution in [3.05, 3.63) is 63.4 Å². The van der Waals surface area contributed by atoms with Gasteiger partial charge >= 0.3 is 19.4 Å². The van der Waals surface area contributed by atoms with Crippen molar-refractivity contribution >= 4 is 13.7 Å². The van der Waals surface area contributed by atoms with E-state index in [0.717, 1.165) is 23.5 Å². The van der Waals surface area contributed by atoms with Crippen molar-refractivity contribution in [3.8, 4) is 5.75 Å². The van der Waals surface area contributed by atoms with Crippen LogP contribution in [0, 0.1) is 5.92 Å². The molecule has 13 nitrogen and oxygen atoms in total. The van der Waals surface area contributed by atoms with Crippen molar-refractivity contribution < 1.29 is 33.0 Å². The first-order valence-electron chi connectivity index (χ1n) is 12.8. The number of nitrogens with one attached hydrogen (secondary N) is 2. The minimum absolute atomic E-state index is 0.208. The smallest absolute Gasteiger partial charge is 0.459 e. The van der Waals surface area contributed by atoms with Gasteiger partial charge in [0.1, 0.15) is 24.0 Å². The number of hydrogen-bond acceptors (Lipinski definition) is 10. The molecule has 1 fully saturated rings. The summed E-state index contributed by atoms with van der Waals surface area (Å²) in [6.07, 6.45) is -0.788. The number of para-hydroxylation sites is 1. The zero-order chi connectivity index (χ0) is 28.8. The Morgan fingerprint density at radius 1 is 1.26 bits per heavy atom. The number of ether oxygens (including phenoxy) is 2. The highest BCUT2D eigenvalue weighted by Crippen LogP contribution is 2.46. The van der Waals surface area contributed by atoms with Crippen molar-refractivity contribution in [3.63, 3.8) is 0 Å². The summed E-state index contributed by atoms with van der Waals surface area (Å²) in [5.41, 5.74) is 3.43. The molecule has 216 valence electrons. The monoisotopic (exact) mass is 568 g/mol. The first kappa shape index (κ1) is 30.7. The molecule has 5 N–H and O–H groups in total. The summed E-state index contributed by atoms with van der Waals surface area (Å²) in [5.74, 6) is -0.217. The van der Waals surface area contributed by atoms with Crippen LogP contribution in [0.1, 0.15) is 46.8 Å². The molecule has 2 aromatic rings. The third kappa shape index (κ3) is 7.65. The molecule has 14 heteroatoms. The van der Waals surface area contributed by atoms with Gasteiger partial charge in [0.2, 0.25) is 0 Å². The van der Waals surface area contributed by atoms with Crippen LogP contribution in [0.5, 0.6) is 5.75 Å². The summed E-state index contributed by atoms with van der Waals surface area (Å²) in [6.45, 7) is 6.69. The second kappa shape index (κ2) is 13.0. The van der Waals surface area contributed by atoms with Gasteiger partial charge in [-0.05, 0) is 31.9 Å². The molecule has 0 amide bonds. The number of aromatic amines is 1. The fourth-order valence-electron chi connectivity index (χ4n) is 4.06. The zero-order valence-corrected chi connectivity index (χ0v) is 23.3. The fraction of sp³-hybridized carbons (Fsp3) is 0.560. The molecule has 0 spiro atoms. The van der Waals surface area contributed by atoms with Gasteiger partial charge < -0.3 is 24.8 Å². The Bertz CT molecular complexity index is 1260. The Morgan fingerprint density at radius 3 is 2.54 bits per heavy atom. The second-order valence-electron chi connectivity index (χ2n) is 9.72. The lowest BCUT2D eigenvalue weighted by Gasteiger charge is -2.28. The number of aliphatic hydroxyl groups is 1. The molecule has 1 aromatic carbocycles. The number of nitrogens with zero attached hydrogens (tertiary/aromatic N) is 1. The highest BCUT2D eigenvalue weighted by Gasteiger charge is 2.52. The second-order valence-corrected chi connectivity index (χ2v) is 11.4. The number of hydrogen-bond donors (Lipinski definition) is 4. The molecule has 1 aromatic heterocycles. The summed E-state index contributed by atoms with van der Waals surface area (Å²) >= 11 is 0. The lowest BCUT2D eigenvalue weighted by molar-refractivity contribution is -0.146. The Kier molecular flexibility index (Phi) is 10.3. The number of nitrogens with two attached hydrogens (primary N) is 1. The summed E-state index contributed by atoms with van der Waals surface area (Å²) in [4.78, 5) is 38.5. The van der Waals surface area contributed by atoms with E-state index in [0.29, 0.717) is 0 Å². The third-order valence-corrected chi connectivity index (χ3v) is 8.27. The molecule has 0 radical (unpaired) electrons. The lowest BCUT2D eigenvalue weighted by Crippen LogP contribution is -2.53. The average Bonchev–Trinajstić information content (AvgIpc) is 3.12. The molecule has 1 aliphatic rings. The molecule has 2 unspecified atom stereocenters. The van der Waals surface area contributed by atoms with Gasteiger partial charge in [0, 0.05) is 12.3 Å². The van der Waals surface area contributed by atoms with Gasteiger partial charge in [0.15, 0.2) is 6.23 Å². The molecular weight excluding hydrogens is 531 g/mol. The van der Waals surface area contributed by atoms with Crippen LogP contribution in [-0.2, 0) is 23.4 Å². The van der Waals surface area contributed by atoms with Crippen molar-refractivity contribution in [2.45, 2.75) is 70.6 Å². The molecule has 2 heterocycles. The minimum Gasteiger partial charge on any atom is -0.464 e. The first-order chi connectivity index (χ1) is 18.4. The predicted molar refractivity (Wildman–Crippen MR) is 142 cm³/mol. The van der Waals surface area contributed by atoms with Crippen LogP contribution in [0.3, 0.4) is 0 Å². The standard InChI is InChI=1S/C25H37N4O9P/c1-5-17(6-2)14-35-22(32)16(3)28-39(34,38-18-10-8-7-9-11-18)36-15-19-21(31)25(4,26)23(37-19)29-13-12-20(30)27-24(29)33/h7-13,16-17,19,21,23,31H,5-6,14-15,26H2,1-4H3,(H,28,34)(H,27,30,33)/t16?,19-,21-,23-,25-,39?/m1/s1. The number of carbonyl (C=O) groups is 1. The number of aliphatic hydroxyl groups excluding tert-OH is 1. The first-order valence-corrected chi connectivity index (χ1v) is 14.3. The van der Waals surface area contributed by atoms with E-state index in [-0.39, 0.29) is 18.3 Å². The number of aromatic nitrogens is 2. The molecule has 0 bridgehead atoms. The van der Waals surface area contributed by atoms with Crippen LogP contribution < -0.4 is 26.6 Å². The number of rotatable bonds is 13. The number of benzene rings is 1. The number of esters is 1. The van der Waals surface area contributed by atoms with Crippen LogP contribution in [0.25, 0.3) is 0 Å². The van der Waals surface area contributed by atoms with E-state index in [1.807, 2.05) is 13.8 Å². The van der Waals surface area contributed by atoms with Crippen LogP contribution in [-0.4, -0.2) is 57.6 Å². The van der Waals surface area contributed by atoms with E-state index in [9.17, 15) is 24.1 Å². The number of H-pyrrole nitrogens is 1. The maximum Gasteiger partial charge on any atom is 0.459 e. The molecule has 6 atom stereocenters. The van der Waals surface area contributed by atoms with Crippen molar-refractivity contribution in [1.82, 2.24) is 14.6 Å². The van der Waals surface area contributed by atoms with Gasteiger partial charge in [-0.3, -0.25) is 23.7 Å². The third-order valence-electron chi connectivity index (χ3n) is 6.63. The average molecular weight is 569 g/mol. The van der Waals surface area contributed by atoms with E-state index >= 15 is 0 Å². The van der Waals surface area contributed by atoms with E-state index in [1.54, 1.807) is 30.3 Å². The maximum atomic E-state index is 13.8. The summed E-state index contributed by atoms with van der Waals surface area (Å²) in [6, 6.07) is 8.26.